The van der Waals surface area contributed by atoms with E-state index in [1.165, 1.54) is 36.8 Å². The molecule has 2 nitrogen and oxygen atoms in total. The van der Waals surface area contributed by atoms with Gasteiger partial charge in [-0.25, -0.2) is 0 Å². The van der Waals surface area contributed by atoms with Crippen LogP contribution in [-0.4, -0.2) is 5.11 Å². The van der Waals surface area contributed by atoms with Crippen LogP contribution in [0, 0.1) is 11.3 Å². The van der Waals surface area contributed by atoms with Gasteiger partial charge < -0.3 is 9.84 Å². The van der Waals surface area contributed by atoms with Gasteiger partial charge in [0.15, 0.2) is 11.5 Å². The number of rotatable bonds is 3. The van der Waals surface area contributed by atoms with Crippen LogP contribution in [-0.2, 0) is 18.4 Å². The molecule has 0 bridgehead atoms. The van der Waals surface area contributed by atoms with Crippen molar-refractivity contribution in [2.24, 2.45) is 11.3 Å². The summed E-state index contributed by atoms with van der Waals surface area (Å²) in [4.78, 5) is 0. The molecule has 0 heterocycles. The number of ether oxygens (including phenoxy) is 1. The van der Waals surface area contributed by atoms with E-state index in [0.29, 0.717) is 23.7 Å². The highest BCUT2D eigenvalue weighted by Gasteiger charge is 2.49. The van der Waals surface area contributed by atoms with Crippen molar-refractivity contribution in [3.05, 3.63) is 59.2 Å². The molecule has 2 aliphatic carbocycles. The minimum Gasteiger partial charge on any atom is -0.504 e. The minimum atomic E-state index is 0.188. The maximum atomic E-state index is 10.5. The number of phenolic OH excluding ortho intramolecular Hbond substituents is 1. The summed E-state index contributed by atoms with van der Waals surface area (Å²) in [6.45, 7) is 7.80. The Kier molecular flexibility index (Phi) is 4.25. The molecule has 1 N–H and O–H groups in total. The molecule has 0 saturated heterocycles. The zero-order valence-electron chi connectivity index (χ0n) is 16.2. The van der Waals surface area contributed by atoms with Crippen molar-refractivity contribution in [1.82, 2.24) is 0 Å². The Morgan fingerprint density at radius 3 is 2.62 bits per heavy atom. The molecule has 4 rings (SSSR count). The minimum absolute atomic E-state index is 0.188. The van der Waals surface area contributed by atoms with Crippen LogP contribution in [0.3, 0.4) is 0 Å². The van der Waals surface area contributed by atoms with E-state index in [9.17, 15) is 5.11 Å². The van der Waals surface area contributed by atoms with Crippen LogP contribution < -0.4 is 4.74 Å². The molecule has 1 saturated carbocycles. The predicted octanol–water partition coefficient (Wildman–Crippen LogP) is 6.00. The highest BCUT2D eigenvalue weighted by molar-refractivity contribution is 5.51. The molecule has 0 amide bonds. The quantitative estimate of drug-likeness (QED) is 0.735. The Labute approximate surface area is 157 Å². The number of phenols is 1. The summed E-state index contributed by atoms with van der Waals surface area (Å²) in [6.07, 6.45) is 6.11. The van der Waals surface area contributed by atoms with Gasteiger partial charge in [-0.2, -0.15) is 0 Å². The molecule has 2 heteroatoms. The molecular formula is C24H30O2. The summed E-state index contributed by atoms with van der Waals surface area (Å²) in [5.74, 6) is 1.59. The molecule has 138 valence electrons. The van der Waals surface area contributed by atoms with Crippen LogP contribution in [0.2, 0.25) is 0 Å². The zero-order chi connectivity index (χ0) is 18.4. The second-order valence-corrected chi connectivity index (χ2v) is 9.10. The fourth-order valence-electron chi connectivity index (χ4n) is 5.65. The fraction of sp³-hybridized carbons (Fsp3) is 0.500. The van der Waals surface area contributed by atoms with E-state index in [-0.39, 0.29) is 11.2 Å². The topological polar surface area (TPSA) is 29.5 Å². The van der Waals surface area contributed by atoms with Crippen molar-refractivity contribution in [2.45, 2.75) is 64.9 Å². The standard InChI is InChI=1S/C24H30O2/c1-23(2)12-7-13-24(3)19-15-21(26-16-17-8-5-4-6-9-17)20(25)14-18(19)10-11-22(23)24/h4-6,8-9,14-15,22,25H,7,10-13,16H2,1-3H3. The van der Waals surface area contributed by atoms with Gasteiger partial charge in [-0.15, -0.1) is 0 Å². The third-order valence-electron chi connectivity index (χ3n) is 6.97. The molecule has 2 aromatic carbocycles. The van der Waals surface area contributed by atoms with Crippen LogP contribution in [0.5, 0.6) is 11.5 Å². The van der Waals surface area contributed by atoms with E-state index >= 15 is 0 Å². The van der Waals surface area contributed by atoms with Gasteiger partial charge in [-0.05, 0) is 71.3 Å². The van der Waals surface area contributed by atoms with Crippen molar-refractivity contribution >= 4 is 0 Å². The smallest absolute Gasteiger partial charge is 0.161 e. The number of hydrogen-bond donors (Lipinski definition) is 1. The molecule has 2 aromatic rings. The third kappa shape index (κ3) is 2.90. The Bertz CT molecular complexity index is 793. The van der Waals surface area contributed by atoms with E-state index in [1.54, 1.807) is 0 Å². The largest absolute Gasteiger partial charge is 0.504 e. The normalized spacial score (nSPS) is 26.7. The Morgan fingerprint density at radius 1 is 1.08 bits per heavy atom. The number of aryl methyl sites for hydroxylation is 1. The summed E-state index contributed by atoms with van der Waals surface area (Å²) in [7, 11) is 0. The Balaban J connectivity index is 1.67. The lowest BCUT2D eigenvalue weighted by Gasteiger charge is -2.54. The average Bonchev–Trinajstić information content (AvgIpc) is 2.60. The van der Waals surface area contributed by atoms with Crippen LogP contribution >= 0.6 is 0 Å². The van der Waals surface area contributed by atoms with Gasteiger partial charge in [0.05, 0.1) is 0 Å². The highest BCUT2D eigenvalue weighted by atomic mass is 16.5. The van der Waals surface area contributed by atoms with Crippen molar-refractivity contribution in [2.75, 3.05) is 0 Å². The number of aromatic hydroxyl groups is 1. The first kappa shape index (κ1) is 17.5. The average molecular weight is 351 g/mol. The van der Waals surface area contributed by atoms with Crippen molar-refractivity contribution < 1.29 is 9.84 Å². The van der Waals surface area contributed by atoms with Crippen LogP contribution in [0.25, 0.3) is 0 Å². The van der Waals surface area contributed by atoms with E-state index in [4.69, 9.17) is 4.74 Å². The summed E-state index contributed by atoms with van der Waals surface area (Å²) in [5, 5.41) is 10.5. The lowest BCUT2D eigenvalue weighted by molar-refractivity contribution is 0.0404. The molecule has 2 atom stereocenters. The zero-order valence-corrected chi connectivity index (χ0v) is 16.2. The van der Waals surface area contributed by atoms with E-state index < -0.39 is 0 Å². The second kappa shape index (κ2) is 6.33. The first-order chi connectivity index (χ1) is 12.4. The lowest BCUT2D eigenvalue weighted by atomic mass is 9.50. The van der Waals surface area contributed by atoms with Crippen molar-refractivity contribution in [1.29, 1.82) is 0 Å². The monoisotopic (exact) mass is 350 g/mol. The van der Waals surface area contributed by atoms with Crippen molar-refractivity contribution in [3.63, 3.8) is 0 Å². The predicted molar refractivity (Wildman–Crippen MR) is 106 cm³/mol. The van der Waals surface area contributed by atoms with Gasteiger partial charge in [-0.1, -0.05) is 57.5 Å². The lowest BCUT2D eigenvalue weighted by Crippen LogP contribution is -2.47. The third-order valence-corrected chi connectivity index (χ3v) is 6.97. The summed E-state index contributed by atoms with van der Waals surface area (Å²) >= 11 is 0. The van der Waals surface area contributed by atoms with Gasteiger partial charge in [-0.3, -0.25) is 0 Å². The molecule has 0 radical (unpaired) electrons. The van der Waals surface area contributed by atoms with E-state index in [2.05, 4.69) is 39.0 Å². The molecule has 2 unspecified atom stereocenters. The van der Waals surface area contributed by atoms with Gasteiger partial charge in [0.2, 0.25) is 0 Å². The molecule has 2 aliphatic rings. The highest BCUT2D eigenvalue weighted by Crippen LogP contribution is 2.58. The first-order valence-electron chi connectivity index (χ1n) is 9.93. The molecular weight excluding hydrogens is 320 g/mol. The van der Waals surface area contributed by atoms with Gasteiger partial charge in [0.1, 0.15) is 6.61 Å². The van der Waals surface area contributed by atoms with Gasteiger partial charge in [0, 0.05) is 0 Å². The van der Waals surface area contributed by atoms with Crippen molar-refractivity contribution in [3.8, 4) is 11.5 Å². The summed E-state index contributed by atoms with van der Waals surface area (Å²) < 4.78 is 6.02. The molecule has 0 aromatic heterocycles. The van der Waals surface area contributed by atoms with Gasteiger partial charge >= 0.3 is 0 Å². The van der Waals surface area contributed by atoms with Crippen LogP contribution in [0.15, 0.2) is 42.5 Å². The SMILES string of the molecule is CC1(C)CCCC2(C)c3cc(OCc4ccccc4)c(O)cc3CCC12. The number of hydrogen-bond acceptors (Lipinski definition) is 2. The molecule has 1 fully saturated rings. The maximum Gasteiger partial charge on any atom is 0.161 e. The summed E-state index contributed by atoms with van der Waals surface area (Å²) in [5.41, 5.74) is 4.41. The summed E-state index contributed by atoms with van der Waals surface area (Å²) in [6, 6.07) is 14.2. The fourth-order valence-corrected chi connectivity index (χ4v) is 5.65. The van der Waals surface area contributed by atoms with E-state index in [1.807, 2.05) is 24.3 Å². The first-order valence-corrected chi connectivity index (χ1v) is 9.93. The van der Waals surface area contributed by atoms with Crippen LogP contribution in [0.4, 0.5) is 0 Å². The molecule has 0 aliphatic heterocycles. The Hall–Kier alpha value is -1.96. The number of fused-ring (bicyclic) bond motifs is 3. The second-order valence-electron chi connectivity index (χ2n) is 9.10. The Morgan fingerprint density at radius 2 is 1.85 bits per heavy atom. The number of benzene rings is 2. The van der Waals surface area contributed by atoms with Gasteiger partial charge in [0.25, 0.3) is 0 Å². The van der Waals surface area contributed by atoms with E-state index in [0.717, 1.165) is 12.0 Å². The maximum absolute atomic E-state index is 10.5. The van der Waals surface area contributed by atoms with Crippen LogP contribution in [0.1, 0.15) is 63.1 Å². The molecule has 26 heavy (non-hydrogen) atoms. The molecule has 0 spiro atoms.